The third-order valence-electron chi connectivity index (χ3n) is 2.71. The highest BCUT2D eigenvalue weighted by Gasteiger charge is 2.05. The molecule has 3 heteroatoms. The Hall–Kier alpha value is -0.500. The minimum absolute atomic E-state index is 0.539. The quantitative estimate of drug-likeness (QED) is 0.581. The van der Waals surface area contributed by atoms with E-state index in [1.807, 2.05) is 18.2 Å². The molecule has 0 aliphatic rings. The molecule has 1 nitrogen and oxygen atoms in total. The van der Waals surface area contributed by atoms with E-state index in [9.17, 15) is 0 Å². The molecule has 0 aromatic heterocycles. The van der Waals surface area contributed by atoms with E-state index in [1.54, 1.807) is 0 Å². The van der Waals surface area contributed by atoms with Crippen LogP contribution >= 0.6 is 23.2 Å². The van der Waals surface area contributed by atoms with Gasteiger partial charge in [-0.05, 0) is 44.0 Å². The second kappa shape index (κ2) is 7.83. The normalized spacial score (nSPS) is 12.2. The lowest BCUT2D eigenvalue weighted by Crippen LogP contribution is -2.23. The van der Waals surface area contributed by atoms with Gasteiger partial charge in [0.2, 0.25) is 0 Å². The van der Waals surface area contributed by atoms with Crippen LogP contribution in [0.25, 0.3) is 0 Å². The van der Waals surface area contributed by atoms with Gasteiger partial charge in [0.25, 0.3) is 0 Å². The monoisotopic (exact) mass is 285 g/mol. The molecule has 0 amide bonds. The number of nitrogens with one attached hydrogen (secondary N) is 1. The molecule has 0 aliphatic heterocycles. The van der Waals surface area contributed by atoms with Gasteiger partial charge in [-0.1, -0.05) is 54.8 Å². The van der Waals surface area contributed by atoms with Crippen molar-refractivity contribution in [1.82, 2.24) is 5.32 Å². The molecule has 0 atom stereocenters. The number of benzene rings is 1. The molecule has 0 saturated carbocycles. The summed E-state index contributed by atoms with van der Waals surface area (Å²) in [4.78, 5) is 0. The van der Waals surface area contributed by atoms with E-state index in [4.69, 9.17) is 23.2 Å². The molecule has 0 unspecified atom stereocenters. The first-order valence-electron chi connectivity index (χ1n) is 6.32. The molecule has 0 spiro atoms. The van der Waals surface area contributed by atoms with E-state index in [0.29, 0.717) is 6.04 Å². The summed E-state index contributed by atoms with van der Waals surface area (Å²) in [5.41, 5.74) is 2.32. The van der Waals surface area contributed by atoms with Crippen LogP contribution in [0.1, 0.15) is 32.8 Å². The molecule has 0 aliphatic carbocycles. The van der Waals surface area contributed by atoms with Crippen molar-refractivity contribution >= 4 is 23.2 Å². The smallest absolute Gasteiger partial charge is 0.0456 e. The van der Waals surface area contributed by atoms with E-state index in [0.717, 1.165) is 35.0 Å². The highest BCUT2D eigenvalue weighted by molar-refractivity contribution is 6.36. The van der Waals surface area contributed by atoms with Crippen LogP contribution in [0.5, 0.6) is 0 Å². The highest BCUT2D eigenvalue weighted by Crippen LogP contribution is 2.26. The first kappa shape index (κ1) is 15.6. The van der Waals surface area contributed by atoms with E-state index in [1.165, 1.54) is 5.57 Å². The fourth-order valence-electron chi connectivity index (χ4n) is 1.74. The lowest BCUT2D eigenvalue weighted by molar-refractivity contribution is 0.594. The van der Waals surface area contributed by atoms with Gasteiger partial charge < -0.3 is 5.32 Å². The van der Waals surface area contributed by atoms with Gasteiger partial charge in [0, 0.05) is 16.1 Å². The number of hydrogen-bond acceptors (Lipinski definition) is 1. The summed E-state index contributed by atoms with van der Waals surface area (Å²) in [6.45, 7) is 7.43. The van der Waals surface area contributed by atoms with Crippen LogP contribution in [0.15, 0.2) is 29.8 Å². The molecule has 18 heavy (non-hydrogen) atoms. The van der Waals surface area contributed by atoms with Gasteiger partial charge in [-0.3, -0.25) is 0 Å². The summed E-state index contributed by atoms with van der Waals surface area (Å²) in [5, 5.41) is 4.88. The van der Waals surface area contributed by atoms with Gasteiger partial charge in [-0.25, -0.2) is 0 Å². The maximum Gasteiger partial charge on any atom is 0.0456 e. The fourth-order valence-corrected chi connectivity index (χ4v) is 2.27. The Bertz CT molecular complexity index is 391. The van der Waals surface area contributed by atoms with Gasteiger partial charge in [-0.15, -0.1) is 0 Å². The lowest BCUT2D eigenvalue weighted by Gasteiger charge is -2.08. The summed E-state index contributed by atoms with van der Waals surface area (Å²) < 4.78 is 0. The summed E-state index contributed by atoms with van der Waals surface area (Å²) in [5.74, 6) is 0. The predicted octanol–water partition coefficient (Wildman–Crippen LogP) is 4.87. The van der Waals surface area contributed by atoms with E-state index < -0.39 is 0 Å². The molecule has 0 saturated heterocycles. The van der Waals surface area contributed by atoms with Crippen LogP contribution in [0.4, 0.5) is 0 Å². The zero-order valence-electron chi connectivity index (χ0n) is 11.3. The molecule has 1 rings (SSSR count). The first-order valence-corrected chi connectivity index (χ1v) is 7.08. The number of hydrogen-bond donors (Lipinski definition) is 1. The third kappa shape index (κ3) is 5.43. The zero-order chi connectivity index (χ0) is 13.5. The number of halogens is 2. The SMILES string of the molecule is CC(=CCCNC(C)C)Cc1c(Cl)cccc1Cl. The van der Waals surface area contributed by atoms with Crippen LogP contribution in [0.2, 0.25) is 10.0 Å². The van der Waals surface area contributed by atoms with Crippen molar-refractivity contribution < 1.29 is 0 Å². The van der Waals surface area contributed by atoms with Gasteiger partial charge in [0.15, 0.2) is 0 Å². The standard InChI is InChI=1S/C15H21Cl2N/c1-11(2)18-9-5-6-12(3)10-13-14(16)7-4-8-15(13)17/h4,6-8,11,18H,5,9-10H2,1-3H3. The molecule has 1 aromatic carbocycles. The van der Waals surface area contributed by atoms with Crippen molar-refractivity contribution in [2.45, 2.75) is 39.7 Å². The Morgan fingerprint density at radius 1 is 1.28 bits per heavy atom. The van der Waals surface area contributed by atoms with Crippen LogP contribution in [0, 0.1) is 0 Å². The molecule has 1 N–H and O–H groups in total. The first-order chi connectivity index (χ1) is 8.50. The molecule has 0 heterocycles. The average Bonchev–Trinajstić information content (AvgIpc) is 2.29. The molecular weight excluding hydrogens is 265 g/mol. The number of allylic oxidation sites excluding steroid dienone is 1. The summed E-state index contributed by atoms with van der Waals surface area (Å²) in [6.07, 6.45) is 4.10. The Labute approximate surface area is 120 Å². The lowest BCUT2D eigenvalue weighted by atomic mass is 10.1. The van der Waals surface area contributed by atoms with Crippen molar-refractivity contribution in [3.63, 3.8) is 0 Å². The van der Waals surface area contributed by atoms with Crippen molar-refractivity contribution in [2.75, 3.05) is 6.54 Å². The summed E-state index contributed by atoms with van der Waals surface area (Å²) in [6, 6.07) is 6.18. The van der Waals surface area contributed by atoms with Gasteiger partial charge >= 0.3 is 0 Å². The van der Waals surface area contributed by atoms with E-state index in [2.05, 4.69) is 32.2 Å². The second-order valence-electron chi connectivity index (χ2n) is 4.82. The topological polar surface area (TPSA) is 12.0 Å². The maximum absolute atomic E-state index is 6.15. The van der Waals surface area contributed by atoms with Crippen LogP contribution in [-0.2, 0) is 6.42 Å². The summed E-state index contributed by atoms with van der Waals surface area (Å²) >= 11 is 12.3. The van der Waals surface area contributed by atoms with Gasteiger partial charge in [0.05, 0.1) is 0 Å². The predicted molar refractivity (Wildman–Crippen MR) is 81.7 cm³/mol. The Morgan fingerprint density at radius 2 is 1.89 bits per heavy atom. The van der Waals surface area contributed by atoms with Crippen molar-refractivity contribution in [2.24, 2.45) is 0 Å². The van der Waals surface area contributed by atoms with E-state index >= 15 is 0 Å². The van der Waals surface area contributed by atoms with Crippen molar-refractivity contribution in [3.05, 3.63) is 45.5 Å². The van der Waals surface area contributed by atoms with Gasteiger partial charge in [0.1, 0.15) is 0 Å². The minimum atomic E-state index is 0.539. The minimum Gasteiger partial charge on any atom is -0.314 e. The second-order valence-corrected chi connectivity index (χ2v) is 5.64. The average molecular weight is 286 g/mol. The van der Waals surface area contributed by atoms with Crippen LogP contribution < -0.4 is 5.32 Å². The van der Waals surface area contributed by atoms with Crippen LogP contribution in [-0.4, -0.2) is 12.6 Å². The molecule has 0 radical (unpaired) electrons. The zero-order valence-corrected chi connectivity index (χ0v) is 12.8. The molecule has 100 valence electrons. The highest BCUT2D eigenvalue weighted by atomic mass is 35.5. The third-order valence-corrected chi connectivity index (χ3v) is 3.42. The fraction of sp³-hybridized carbons (Fsp3) is 0.467. The van der Waals surface area contributed by atoms with Gasteiger partial charge in [-0.2, -0.15) is 0 Å². The molecule has 1 aromatic rings. The maximum atomic E-state index is 6.15. The van der Waals surface area contributed by atoms with Crippen molar-refractivity contribution in [3.8, 4) is 0 Å². The van der Waals surface area contributed by atoms with Crippen molar-refractivity contribution in [1.29, 1.82) is 0 Å². The van der Waals surface area contributed by atoms with E-state index in [-0.39, 0.29) is 0 Å². The Morgan fingerprint density at radius 3 is 2.44 bits per heavy atom. The Balaban J connectivity index is 2.53. The molecule has 0 bridgehead atoms. The molecule has 0 fully saturated rings. The summed E-state index contributed by atoms with van der Waals surface area (Å²) in [7, 11) is 0. The Kier molecular flexibility index (Phi) is 6.77. The number of rotatable bonds is 6. The molecular formula is C15H21Cl2N. The largest absolute Gasteiger partial charge is 0.314 e. The van der Waals surface area contributed by atoms with Crippen LogP contribution in [0.3, 0.4) is 0 Å².